The topological polar surface area (TPSA) is 77.6 Å². The highest BCUT2D eigenvalue weighted by Gasteiger charge is 2.13. The maximum atomic E-state index is 12.5. The molecule has 3 aromatic heterocycles. The molecular formula is C18H16N6OS. The van der Waals surface area contributed by atoms with Crippen LogP contribution < -0.4 is 5.32 Å². The molecule has 0 radical (unpaired) electrons. The highest BCUT2D eigenvalue weighted by Crippen LogP contribution is 2.23. The van der Waals surface area contributed by atoms with Crippen LogP contribution in [0.25, 0.3) is 10.6 Å². The van der Waals surface area contributed by atoms with E-state index >= 15 is 0 Å². The smallest absolute Gasteiger partial charge is 0.275 e. The molecule has 1 amide bonds. The number of carbonyl (C=O) groups excluding carboxylic acids is 1. The zero-order valence-electron chi connectivity index (χ0n) is 14.0. The first-order valence-corrected chi connectivity index (χ1v) is 8.86. The van der Waals surface area contributed by atoms with Crippen molar-refractivity contribution >= 4 is 22.9 Å². The molecule has 0 fully saturated rings. The minimum absolute atomic E-state index is 0.226. The fourth-order valence-corrected chi connectivity index (χ4v) is 3.35. The van der Waals surface area contributed by atoms with Crippen LogP contribution in [-0.2, 0) is 13.6 Å². The van der Waals surface area contributed by atoms with Gasteiger partial charge in [0.15, 0.2) is 0 Å². The van der Waals surface area contributed by atoms with Gasteiger partial charge in [0.05, 0.1) is 12.5 Å². The molecule has 0 aliphatic heterocycles. The van der Waals surface area contributed by atoms with Crippen molar-refractivity contribution in [3.8, 4) is 10.6 Å². The minimum atomic E-state index is -0.226. The first-order valence-electron chi connectivity index (χ1n) is 7.98. The summed E-state index contributed by atoms with van der Waals surface area (Å²) in [6.45, 7) is 0.700. The van der Waals surface area contributed by atoms with E-state index in [1.807, 2.05) is 48.3 Å². The maximum absolute atomic E-state index is 12.5. The Labute approximate surface area is 154 Å². The number of imidazole rings is 1. The van der Waals surface area contributed by atoms with Crippen molar-refractivity contribution < 1.29 is 4.79 Å². The second-order valence-corrected chi connectivity index (χ2v) is 6.69. The van der Waals surface area contributed by atoms with Gasteiger partial charge in [-0.3, -0.25) is 9.48 Å². The molecule has 0 saturated heterocycles. The van der Waals surface area contributed by atoms with Gasteiger partial charge in [0.2, 0.25) is 0 Å². The van der Waals surface area contributed by atoms with E-state index < -0.39 is 0 Å². The predicted molar refractivity (Wildman–Crippen MR) is 100 cm³/mol. The summed E-state index contributed by atoms with van der Waals surface area (Å²) in [4.78, 5) is 20.9. The largest absolute Gasteiger partial charge is 0.333 e. The molecule has 8 heteroatoms. The van der Waals surface area contributed by atoms with Crippen LogP contribution in [-0.4, -0.2) is 30.2 Å². The van der Waals surface area contributed by atoms with Crippen molar-refractivity contribution in [2.24, 2.45) is 7.05 Å². The first-order chi connectivity index (χ1) is 12.7. The Hall–Kier alpha value is -3.26. The summed E-state index contributed by atoms with van der Waals surface area (Å²) in [5.41, 5.74) is 3.12. The van der Waals surface area contributed by atoms with E-state index in [1.54, 1.807) is 28.8 Å². The number of aryl methyl sites for hydroxylation is 1. The number of rotatable bonds is 5. The van der Waals surface area contributed by atoms with E-state index in [9.17, 15) is 4.79 Å². The zero-order valence-corrected chi connectivity index (χ0v) is 14.8. The molecule has 4 aromatic rings. The molecule has 0 atom stereocenters. The van der Waals surface area contributed by atoms with Gasteiger partial charge in [0.1, 0.15) is 10.7 Å². The normalized spacial score (nSPS) is 10.8. The maximum Gasteiger partial charge on any atom is 0.275 e. The van der Waals surface area contributed by atoms with Crippen molar-refractivity contribution in [2.75, 3.05) is 5.32 Å². The van der Waals surface area contributed by atoms with Gasteiger partial charge in [0, 0.05) is 48.8 Å². The molecule has 26 heavy (non-hydrogen) atoms. The lowest BCUT2D eigenvalue weighted by Crippen LogP contribution is -2.12. The van der Waals surface area contributed by atoms with Gasteiger partial charge < -0.3 is 9.88 Å². The SMILES string of the molecule is Cn1cc(-c2nc(C(=O)Nc3cccc(Cn4ccnc4)c3)cs2)cn1. The van der Waals surface area contributed by atoms with Crippen LogP contribution in [0.4, 0.5) is 5.69 Å². The van der Waals surface area contributed by atoms with Crippen LogP contribution >= 0.6 is 11.3 Å². The van der Waals surface area contributed by atoms with E-state index in [-0.39, 0.29) is 5.91 Å². The number of anilines is 1. The van der Waals surface area contributed by atoms with Gasteiger partial charge in [-0.25, -0.2) is 9.97 Å². The molecule has 0 bridgehead atoms. The quantitative estimate of drug-likeness (QED) is 0.590. The minimum Gasteiger partial charge on any atom is -0.333 e. The van der Waals surface area contributed by atoms with Crippen LogP contribution in [0.15, 0.2) is 60.8 Å². The molecule has 4 rings (SSSR count). The Balaban J connectivity index is 1.47. The third kappa shape index (κ3) is 3.55. The van der Waals surface area contributed by atoms with Crippen molar-refractivity contribution in [3.05, 3.63) is 72.0 Å². The standard InChI is InChI=1S/C18H16N6OS/c1-23-10-14(8-20-23)18-22-16(11-26-18)17(25)21-15-4-2-3-13(7-15)9-24-6-5-19-12-24/h2-8,10-12H,9H2,1H3,(H,21,25). The molecule has 0 saturated carbocycles. The van der Waals surface area contributed by atoms with Gasteiger partial charge in [-0.1, -0.05) is 12.1 Å². The highest BCUT2D eigenvalue weighted by atomic mass is 32.1. The number of aromatic nitrogens is 5. The average Bonchev–Trinajstić information content (AvgIpc) is 3.36. The van der Waals surface area contributed by atoms with Crippen molar-refractivity contribution in [1.29, 1.82) is 0 Å². The predicted octanol–water partition coefficient (Wildman–Crippen LogP) is 3.04. The summed E-state index contributed by atoms with van der Waals surface area (Å²) in [7, 11) is 1.85. The van der Waals surface area contributed by atoms with Crippen LogP contribution in [0.3, 0.4) is 0 Å². The van der Waals surface area contributed by atoms with Crippen molar-refractivity contribution in [3.63, 3.8) is 0 Å². The molecule has 0 unspecified atom stereocenters. The van der Waals surface area contributed by atoms with Crippen LogP contribution in [0.2, 0.25) is 0 Å². The van der Waals surface area contributed by atoms with E-state index in [0.717, 1.165) is 21.8 Å². The third-order valence-corrected chi connectivity index (χ3v) is 4.69. The lowest BCUT2D eigenvalue weighted by Gasteiger charge is -2.07. The Morgan fingerprint density at radius 1 is 1.35 bits per heavy atom. The molecule has 1 N–H and O–H groups in total. The number of amides is 1. The van der Waals surface area contributed by atoms with Gasteiger partial charge in [-0.05, 0) is 17.7 Å². The van der Waals surface area contributed by atoms with Crippen molar-refractivity contribution in [2.45, 2.75) is 6.54 Å². The number of nitrogens with one attached hydrogen (secondary N) is 1. The lowest BCUT2D eigenvalue weighted by molar-refractivity contribution is 0.102. The van der Waals surface area contributed by atoms with Crippen LogP contribution in [0.5, 0.6) is 0 Å². The fraction of sp³-hybridized carbons (Fsp3) is 0.111. The zero-order chi connectivity index (χ0) is 17.9. The van der Waals surface area contributed by atoms with E-state index in [4.69, 9.17) is 0 Å². The molecule has 0 spiro atoms. The molecule has 0 aliphatic carbocycles. The Bertz CT molecular complexity index is 1030. The summed E-state index contributed by atoms with van der Waals surface area (Å²) in [6.07, 6.45) is 9.02. The average molecular weight is 364 g/mol. The summed E-state index contributed by atoms with van der Waals surface area (Å²) in [5.74, 6) is -0.226. The van der Waals surface area contributed by atoms with Gasteiger partial charge >= 0.3 is 0 Å². The molecular weight excluding hydrogens is 348 g/mol. The number of hydrogen-bond acceptors (Lipinski definition) is 5. The molecule has 0 aliphatic rings. The summed E-state index contributed by atoms with van der Waals surface area (Å²) in [5, 5.41) is 9.57. The van der Waals surface area contributed by atoms with E-state index in [2.05, 4.69) is 20.4 Å². The van der Waals surface area contributed by atoms with Crippen LogP contribution in [0.1, 0.15) is 16.1 Å². The third-order valence-electron chi connectivity index (χ3n) is 3.80. The summed E-state index contributed by atoms with van der Waals surface area (Å²) >= 11 is 1.43. The number of benzene rings is 1. The summed E-state index contributed by atoms with van der Waals surface area (Å²) < 4.78 is 3.68. The van der Waals surface area contributed by atoms with E-state index in [0.29, 0.717) is 12.2 Å². The highest BCUT2D eigenvalue weighted by molar-refractivity contribution is 7.13. The molecule has 130 valence electrons. The summed E-state index contributed by atoms with van der Waals surface area (Å²) in [6, 6.07) is 7.75. The number of hydrogen-bond donors (Lipinski definition) is 1. The first kappa shape index (κ1) is 16.2. The Kier molecular flexibility index (Phi) is 4.32. The number of carbonyl (C=O) groups is 1. The van der Waals surface area contributed by atoms with Gasteiger partial charge in [-0.15, -0.1) is 11.3 Å². The van der Waals surface area contributed by atoms with Crippen LogP contribution in [0, 0.1) is 0 Å². The fourth-order valence-electron chi connectivity index (χ4n) is 2.58. The second kappa shape index (κ2) is 6.93. The van der Waals surface area contributed by atoms with Gasteiger partial charge in [0.25, 0.3) is 5.91 Å². The molecule has 1 aromatic carbocycles. The molecule has 7 nitrogen and oxygen atoms in total. The number of nitrogens with zero attached hydrogens (tertiary/aromatic N) is 5. The second-order valence-electron chi connectivity index (χ2n) is 5.83. The van der Waals surface area contributed by atoms with Gasteiger partial charge in [-0.2, -0.15) is 5.10 Å². The Morgan fingerprint density at radius 2 is 2.27 bits per heavy atom. The molecule has 3 heterocycles. The lowest BCUT2D eigenvalue weighted by atomic mass is 10.2. The Morgan fingerprint density at radius 3 is 3.04 bits per heavy atom. The van der Waals surface area contributed by atoms with E-state index in [1.165, 1.54) is 11.3 Å². The monoisotopic (exact) mass is 364 g/mol. The number of thiazole rings is 1. The van der Waals surface area contributed by atoms with Crippen molar-refractivity contribution in [1.82, 2.24) is 24.3 Å².